The first-order valence-corrected chi connectivity index (χ1v) is 10.4. The molecular weight excluding hydrogens is 358 g/mol. The minimum Gasteiger partial charge on any atom is -0.361 e. The molecule has 2 aromatic carbocycles. The Morgan fingerprint density at radius 2 is 1.83 bits per heavy atom. The molecule has 0 spiro atoms. The number of benzene rings is 2. The lowest BCUT2D eigenvalue weighted by Crippen LogP contribution is -2.40. The van der Waals surface area contributed by atoms with Gasteiger partial charge in [0.1, 0.15) is 0 Å². The molecule has 1 N–H and O–H groups in total. The molecule has 3 aromatic rings. The molecule has 1 saturated heterocycles. The molecule has 0 unspecified atom stereocenters. The highest BCUT2D eigenvalue weighted by molar-refractivity contribution is 5.98. The zero-order valence-electron chi connectivity index (χ0n) is 16.7. The molecule has 0 atom stereocenters. The number of carbonyl (C=O) groups excluding carboxylic acids is 1. The van der Waals surface area contributed by atoms with E-state index in [1.165, 1.54) is 22.2 Å². The second kappa shape index (κ2) is 7.36. The monoisotopic (exact) mass is 383 g/mol. The van der Waals surface area contributed by atoms with E-state index in [9.17, 15) is 4.79 Å². The van der Waals surface area contributed by atoms with Crippen LogP contribution in [0, 0.1) is 5.92 Å². The van der Waals surface area contributed by atoms with Crippen molar-refractivity contribution in [1.82, 2.24) is 9.88 Å². The van der Waals surface area contributed by atoms with E-state index in [1.807, 2.05) is 35.5 Å². The number of nitrogens with one attached hydrogen (secondary N) is 1. The van der Waals surface area contributed by atoms with Crippen molar-refractivity contribution in [1.29, 1.82) is 0 Å². The molecule has 2 aliphatic rings. The summed E-state index contributed by atoms with van der Waals surface area (Å²) in [4.78, 5) is 22.9. The van der Waals surface area contributed by atoms with Crippen molar-refractivity contribution in [3.8, 4) is 11.1 Å². The SMILES string of the molecule is CC1=CN=C(C2CCN(C(=O)c3ccc(-c4c[nH]c5ccccc45)cc3)CC2)C1. The number of allylic oxidation sites excluding steroid dienone is 1. The van der Waals surface area contributed by atoms with E-state index in [4.69, 9.17) is 0 Å². The van der Waals surface area contributed by atoms with E-state index in [0.717, 1.165) is 49.0 Å². The minimum absolute atomic E-state index is 0.136. The highest BCUT2D eigenvalue weighted by Gasteiger charge is 2.27. The number of carbonyl (C=O) groups is 1. The number of likely N-dealkylation sites (tertiary alicyclic amines) is 1. The Bertz CT molecular complexity index is 1110. The fourth-order valence-electron chi connectivity index (χ4n) is 4.52. The van der Waals surface area contributed by atoms with Crippen LogP contribution < -0.4 is 0 Å². The number of hydrogen-bond donors (Lipinski definition) is 1. The first-order chi connectivity index (χ1) is 14.2. The third kappa shape index (κ3) is 3.39. The van der Waals surface area contributed by atoms with Gasteiger partial charge in [-0.15, -0.1) is 0 Å². The molecule has 0 saturated carbocycles. The van der Waals surface area contributed by atoms with Crippen LogP contribution in [0.4, 0.5) is 0 Å². The van der Waals surface area contributed by atoms with Gasteiger partial charge in [0.05, 0.1) is 0 Å². The number of para-hydroxylation sites is 1. The number of aliphatic imine (C=N–C) groups is 1. The van der Waals surface area contributed by atoms with E-state index < -0.39 is 0 Å². The summed E-state index contributed by atoms with van der Waals surface area (Å²) in [7, 11) is 0. The van der Waals surface area contributed by atoms with E-state index >= 15 is 0 Å². The molecule has 1 fully saturated rings. The summed E-state index contributed by atoms with van der Waals surface area (Å²) in [6, 6.07) is 16.3. The van der Waals surface area contributed by atoms with Gasteiger partial charge in [-0.2, -0.15) is 0 Å². The Balaban J connectivity index is 1.26. The van der Waals surface area contributed by atoms with Gasteiger partial charge in [-0.3, -0.25) is 9.79 Å². The molecule has 4 nitrogen and oxygen atoms in total. The van der Waals surface area contributed by atoms with Crippen LogP contribution >= 0.6 is 0 Å². The first-order valence-electron chi connectivity index (χ1n) is 10.4. The van der Waals surface area contributed by atoms with E-state index in [2.05, 4.69) is 47.2 Å². The first kappa shape index (κ1) is 17.9. The van der Waals surface area contributed by atoms with Gasteiger partial charge in [0.15, 0.2) is 0 Å². The topological polar surface area (TPSA) is 48.5 Å². The van der Waals surface area contributed by atoms with Crippen LogP contribution in [0.25, 0.3) is 22.0 Å². The average molecular weight is 383 g/mol. The lowest BCUT2D eigenvalue weighted by atomic mass is 9.89. The minimum atomic E-state index is 0.136. The number of nitrogens with zero attached hydrogens (tertiary/aromatic N) is 2. The molecule has 3 heterocycles. The lowest BCUT2D eigenvalue weighted by molar-refractivity contribution is 0.0710. The maximum atomic E-state index is 13.0. The van der Waals surface area contributed by atoms with Crippen molar-refractivity contribution in [2.45, 2.75) is 26.2 Å². The molecule has 0 aliphatic carbocycles. The Morgan fingerprint density at radius 3 is 2.55 bits per heavy atom. The standard InChI is InChI=1S/C25H25N3O/c1-17-14-24(26-15-17)19-10-12-28(13-11-19)25(29)20-8-6-18(7-9-20)22-16-27-23-5-3-2-4-21(22)23/h2-9,15-16,19,27H,10-14H2,1H3. The van der Waals surface area contributed by atoms with Crippen LogP contribution in [0.15, 0.2) is 71.5 Å². The highest BCUT2D eigenvalue weighted by Crippen LogP contribution is 2.29. The predicted octanol–water partition coefficient (Wildman–Crippen LogP) is 5.44. The summed E-state index contributed by atoms with van der Waals surface area (Å²) in [5.74, 6) is 0.661. The molecule has 29 heavy (non-hydrogen) atoms. The number of hydrogen-bond acceptors (Lipinski definition) is 2. The quantitative estimate of drug-likeness (QED) is 0.644. The number of amides is 1. The molecule has 1 aromatic heterocycles. The summed E-state index contributed by atoms with van der Waals surface area (Å²) >= 11 is 0. The van der Waals surface area contributed by atoms with Gasteiger partial charge in [0, 0.05) is 65.6 Å². The number of aromatic nitrogens is 1. The number of fused-ring (bicyclic) bond motifs is 1. The molecular formula is C25H25N3O. The van der Waals surface area contributed by atoms with E-state index in [0.29, 0.717) is 5.92 Å². The zero-order chi connectivity index (χ0) is 19.8. The van der Waals surface area contributed by atoms with Gasteiger partial charge in [-0.25, -0.2) is 0 Å². The van der Waals surface area contributed by atoms with Crippen molar-refractivity contribution < 1.29 is 4.79 Å². The molecule has 0 radical (unpaired) electrons. The number of piperidine rings is 1. The van der Waals surface area contributed by atoms with Gasteiger partial charge >= 0.3 is 0 Å². The normalized spacial score (nSPS) is 17.5. The van der Waals surface area contributed by atoms with Crippen LogP contribution in [0.1, 0.15) is 36.5 Å². The number of H-pyrrole nitrogens is 1. The maximum Gasteiger partial charge on any atom is 0.253 e. The summed E-state index contributed by atoms with van der Waals surface area (Å²) in [6.07, 6.45) is 7.06. The fourth-order valence-corrected chi connectivity index (χ4v) is 4.52. The molecule has 146 valence electrons. The van der Waals surface area contributed by atoms with Gasteiger partial charge in [0.2, 0.25) is 0 Å². The van der Waals surface area contributed by atoms with E-state index in [1.54, 1.807) is 0 Å². The molecule has 4 heteroatoms. The Morgan fingerprint density at radius 1 is 1.07 bits per heavy atom. The third-order valence-electron chi connectivity index (χ3n) is 6.20. The molecule has 5 rings (SSSR count). The molecule has 0 bridgehead atoms. The van der Waals surface area contributed by atoms with Crippen molar-refractivity contribution in [3.05, 3.63) is 72.1 Å². The largest absolute Gasteiger partial charge is 0.361 e. The third-order valence-corrected chi connectivity index (χ3v) is 6.20. The van der Waals surface area contributed by atoms with Crippen LogP contribution in [0.5, 0.6) is 0 Å². The summed E-state index contributed by atoms with van der Waals surface area (Å²) in [5.41, 5.74) is 6.83. The van der Waals surface area contributed by atoms with Crippen molar-refractivity contribution >= 4 is 22.5 Å². The van der Waals surface area contributed by atoms with Gasteiger partial charge in [-0.05, 0) is 49.1 Å². The van der Waals surface area contributed by atoms with Crippen LogP contribution in [-0.4, -0.2) is 34.6 Å². The summed E-state index contributed by atoms with van der Waals surface area (Å²) in [5, 5.41) is 1.20. The van der Waals surface area contributed by atoms with Crippen molar-refractivity contribution in [2.75, 3.05) is 13.1 Å². The fraction of sp³-hybridized carbons (Fsp3) is 0.280. The number of rotatable bonds is 3. The second-order valence-corrected chi connectivity index (χ2v) is 8.16. The summed E-state index contributed by atoms with van der Waals surface area (Å²) in [6.45, 7) is 3.76. The average Bonchev–Trinajstić information content (AvgIpc) is 3.40. The molecule has 2 aliphatic heterocycles. The Kier molecular flexibility index (Phi) is 4.55. The van der Waals surface area contributed by atoms with Crippen molar-refractivity contribution in [3.63, 3.8) is 0 Å². The van der Waals surface area contributed by atoms with Crippen molar-refractivity contribution in [2.24, 2.45) is 10.9 Å². The lowest BCUT2D eigenvalue weighted by Gasteiger charge is -2.32. The smallest absolute Gasteiger partial charge is 0.253 e. The Hall–Kier alpha value is -3.14. The van der Waals surface area contributed by atoms with Crippen LogP contribution in [0.3, 0.4) is 0 Å². The highest BCUT2D eigenvalue weighted by atomic mass is 16.2. The van der Waals surface area contributed by atoms with Gasteiger partial charge in [-0.1, -0.05) is 30.3 Å². The maximum absolute atomic E-state index is 13.0. The van der Waals surface area contributed by atoms with Crippen LogP contribution in [-0.2, 0) is 0 Å². The Labute approximate surface area is 171 Å². The van der Waals surface area contributed by atoms with Crippen LogP contribution in [0.2, 0.25) is 0 Å². The summed E-state index contributed by atoms with van der Waals surface area (Å²) < 4.78 is 0. The van der Waals surface area contributed by atoms with Gasteiger partial charge in [0.25, 0.3) is 5.91 Å². The predicted molar refractivity (Wildman–Crippen MR) is 118 cm³/mol. The number of aromatic amines is 1. The van der Waals surface area contributed by atoms with Gasteiger partial charge < -0.3 is 9.88 Å². The zero-order valence-corrected chi connectivity index (χ0v) is 16.7. The van der Waals surface area contributed by atoms with E-state index in [-0.39, 0.29) is 5.91 Å². The second-order valence-electron chi connectivity index (χ2n) is 8.16. The molecule has 1 amide bonds.